The molecule has 0 aliphatic rings. The van der Waals surface area contributed by atoms with Gasteiger partial charge in [-0.3, -0.25) is 0 Å². The molecule has 0 atom stereocenters. The van der Waals surface area contributed by atoms with Crippen LogP contribution in [0.2, 0.25) is 0 Å². The minimum atomic E-state index is 0.490. The Bertz CT molecular complexity index is 482. The number of nitrogens with zero attached hydrogens (tertiary/aromatic N) is 1. The minimum absolute atomic E-state index is 0.490. The molecule has 4 nitrogen and oxygen atoms in total. The van der Waals surface area contributed by atoms with E-state index in [1.165, 1.54) is 11.3 Å². The highest BCUT2D eigenvalue weighted by molar-refractivity contribution is 7.15. The third-order valence-corrected chi connectivity index (χ3v) is 3.05. The predicted molar refractivity (Wildman–Crippen MR) is 73.1 cm³/mol. The molecule has 0 saturated carbocycles. The summed E-state index contributed by atoms with van der Waals surface area (Å²) in [5, 5.41) is 0.567. The van der Waals surface area contributed by atoms with Crippen molar-refractivity contribution < 1.29 is 9.47 Å². The number of anilines is 1. The van der Waals surface area contributed by atoms with Gasteiger partial charge in [-0.2, -0.15) is 0 Å². The number of hydrogen-bond acceptors (Lipinski definition) is 5. The molecule has 0 fully saturated rings. The van der Waals surface area contributed by atoms with Crippen molar-refractivity contribution in [2.24, 2.45) is 0 Å². The first-order chi connectivity index (χ1) is 8.78. The van der Waals surface area contributed by atoms with Gasteiger partial charge in [0.05, 0.1) is 11.5 Å². The minimum Gasteiger partial charge on any atom is -0.494 e. The van der Waals surface area contributed by atoms with Gasteiger partial charge in [-0.05, 0) is 30.7 Å². The molecule has 0 saturated heterocycles. The van der Waals surface area contributed by atoms with Crippen molar-refractivity contribution in [2.45, 2.75) is 20.0 Å². The SMILES string of the molecule is CCCOc1ccc(OCc2cnc(N)s2)cc1. The maximum absolute atomic E-state index is 5.62. The number of rotatable bonds is 6. The van der Waals surface area contributed by atoms with E-state index in [4.69, 9.17) is 15.2 Å². The highest BCUT2D eigenvalue weighted by atomic mass is 32.1. The Kier molecular flexibility index (Phi) is 4.41. The van der Waals surface area contributed by atoms with Crippen molar-refractivity contribution in [3.8, 4) is 11.5 Å². The number of benzene rings is 1. The van der Waals surface area contributed by atoms with Gasteiger partial charge in [0.15, 0.2) is 5.13 Å². The molecule has 96 valence electrons. The summed E-state index contributed by atoms with van der Waals surface area (Å²) in [6.45, 7) is 3.31. The Morgan fingerprint density at radius 3 is 2.39 bits per heavy atom. The molecule has 0 unspecified atom stereocenters. The van der Waals surface area contributed by atoms with E-state index in [0.717, 1.165) is 29.4 Å². The molecule has 1 heterocycles. The van der Waals surface area contributed by atoms with E-state index in [9.17, 15) is 0 Å². The lowest BCUT2D eigenvalue weighted by Crippen LogP contribution is -1.96. The van der Waals surface area contributed by atoms with Crippen LogP contribution in [0.3, 0.4) is 0 Å². The van der Waals surface area contributed by atoms with Crippen molar-refractivity contribution >= 4 is 16.5 Å². The van der Waals surface area contributed by atoms with Crippen molar-refractivity contribution in [1.29, 1.82) is 0 Å². The van der Waals surface area contributed by atoms with Crippen LogP contribution in [-0.4, -0.2) is 11.6 Å². The first kappa shape index (κ1) is 12.7. The average Bonchev–Trinajstić information content (AvgIpc) is 2.81. The van der Waals surface area contributed by atoms with Crippen LogP contribution in [0.25, 0.3) is 0 Å². The standard InChI is InChI=1S/C13H16N2O2S/c1-2-7-16-10-3-5-11(6-4-10)17-9-12-8-15-13(14)18-12/h3-6,8H,2,7,9H2,1H3,(H2,14,15). The molecule has 0 amide bonds. The van der Waals surface area contributed by atoms with Crippen molar-refractivity contribution in [3.63, 3.8) is 0 Å². The van der Waals surface area contributed by atoms with Crippen LogP contribution in [-0.2, 0) is 6.61 Å². The van der Waals surface area contributed by atoms with Crippen molar-refractivity contribution in [2.75, 3.05) is 12.3 Å². The molecular formula is C13H16N2O2S. The van der Waals surface area contributed by atoms with Gasteiger partial charge in [-0.25, -0.2) is 4.98 Å². The van der Waals surface area contributed by atoms with E-state index >= 15 is 0 Å². The number of nitrogens with two attached hydrogens (primary N) is 1. The zero-order valence-corrected chi connectivity index (χ0v) is 11.1. The van der Waals surface area contributed by atoms with Gasteiger partial charge in [0, 0.05) is 6.20 Å². The van der Waals surface area contributed by atoms with Crippen LogP contribution in [0.1, 0.15) is 18.2 Å². The normalized spacial score (nSPS) is 10.3. The van der Waals surface area contributed by atoms with E-state index in [0.29, 0.717) is 11.7 Å². The van der Waals surface area contributed by atoms with Crippen LogP contribution in [0.5, 0.6) is 11.5 Å². The molecule has 2 rings (SSSR count). The molecule has 0 spiro atoms. The fraction of sp³-hybridized carbons (Fsp3) is 0.308. The Hall–Kier alpha value is -1.75. The quantitative estimate of drug-likeness (QED) is 0.871. The summed E-state index contributed by atoms with van der Waals surface area (Å²) in [7, 11) is 0. The Balaban J connectivity index is 1.86. The molecule has 0 radical (unpaired) electrons. The van der Waals surface area contributed by atoms with Crippen LogP contribution in [0, 0.1) is 0 Å². The Morgan fingerprint density at radius 2 is 1.83 bits per heavy atom. The van der Waals surface area contributed by atoms with Gasteiger partial charge < -0.3 is 15.2 Å². The van der Waals surface area contributed by atoms with Crippen LogP contribution in [0.15, 0.2) is 30.5 Å². The number of hydrogen-bond donors (Lipinski definition) is 1. The molecular weight excluding hydrogens is 248 g/mol. The second-order valence-electron chi connectivity index (χ2n) is 3.77. The van der Waals surface area contributed by atoms with E-state index < -0.39 is 0 Å². The summed E-state index contributed by atoms with van der Waals surface area (Å²) < 4.78 is 11.1. The zero-order chi connectivity index (χ0) is 12.8. The number of nitrogen functional groups attached to an aromatic ring is 1. The van der Waals surface area contributed by atoms with Crippen LogP contribution >= 0.6 is 11.3 Å². The Labute approximate surface area is 110 Å². The topological polar surface area (TPSA) is 57.4 Å². The van der Waals surface area contributed by atoms with Gasteiger partial charge in [0.2, 0.25) is 0 Å². The van der Waals surface area contributed by atoms with Gasteiger partial charge in [-0.1, -0.05) is 18.3 Å². The van der Waals surface area contributed by atoms with Gasteiger partial charge in [-0.15, -0.1) is 0 Å². The maximum Gasteiger partial charge on any atom is 0.180 e. The molecule has 5 heteroatoms. The number of aromatic nitrogens is 1. The monoisotopic (exact) mass is 264 g/mol. The highest BCUT2D eigenvalue weighted by Gasteiger charge is 2.00. The van der Waals surface area contributed by atoms with Crippen molar-refractivity contribution in [1.82, 2.24) is 4.98 Å². The third-order valence-electron chi connectivity index (χ3n) is 2.25. The second kappa shape index (κ2) is 6.26. The van der Waals surface area contributed by atoms with Crippen LogP contribution in [0.4, 0.5) is 5.13 Å². The lowest BCUT2D eigenvalue weighted by atomic mass is 10.3. The third kappa shape index (κ3) is 3.63. The van der Waals surface area contributed by atoms with E-state index in [1.807, 2.05) is 24.3 Å². The lowest BCUT2D eigenvalue weighted by Gasteiger charge is -2.07. The molecule has 2 N–H and O–H groups in total. The summed E-state index contributed by atoms with van der Waals surface area (Å²) in [6.07, 6.45) is 2.74. The molecule has 18 heavy (non-hydrogen) atoms. The van der Waals surface area contributed by atoms with E-state index in [-0.39, 0.29) is 0 Å². The van der Waals surface area contributed by atoms with Crippen LogP contribution < -0.4 is 15.2 Å². The molecule has 2 aromatic rings. The zero-order valence-electron chi connectivity index (χ0n) is 10.3. The molecule has 1 aromatic carbocycles. The number of thiazole rings is 1. The first-order valence-corrected chi connectivity index (χ1v) is 6.65. The summed E-state index contributed by atoms with van der Waals surface area (Å²) in [4.78, 5) is 4.99. The predicted octanol–water partition coefficient (Wildman–Crippen LogP) is 3.09. The lowest BCUT2D eigenvalue weighted by molar-refractivity contribution is 0.304. The maximum atomic E-state index is 5.62. The summed E-state index contributed by atoms with van der Waals surface area (Å²) in [5.41, 5.74) is 5.55. The smallest absolute Gasteiger partial charge is 0.180 e. The number of ether oxygens (including phenoxy) is 2. The average molecular weight is 264 g/mol. The molecule has 1 aromatic heterocycles. The highest BCUT2D eigenvalue weighted by Crippen LogP contribution is 2.20. The molecule has 0 aliphatic carbocycles. The Morgan fingerprint density at radius 1 is 1.17 bits per heavy atom. The fourth-order valence-electron chi connectivity index (χ4n) is 1.40. The van der Waals surface area contributed by atoms with Gasteiger partial charge >= 0.3 is 0 Å². The summed E-state index contributed by atoms with van der Waals surface area (Å²) in [6, 6.07) is 7.61. The van der Waals surface area contributed by atoms with Gasteiger partial charge in [0.25, 0.3) is 0 Å². The second-order valence-corrected chi connectivity index (χ2v) is 4.92. The molecule has 0 aliphatic heterocycles. The fourth-order valence-corrected chi connectivity index (χ4v) is 1.99. The largest absolute Gasteiger partial charge is 0.494 e. The first-order valence-electron chi connectivity index (χ1n) is 5.84. The van der Waals surface area contributed by atoms with Gasteiger partial charge in [0.1, 0.15) is 18.1 Å². The summed E-state index contributed by atoms with van der Waals surface area (Å²) in [5.74, 6) is 1.68. The summed E-state index contributed by atoms with van der Waals surface area (Å²) >= 11 is 1.44. The van der Waals surface area contributed by atoms with Crippen molar-refractivity contribution in [3.05, 3.63) is 35.3 Å². The molecule has 0 bridgehead atoms. The van der Waals surface area contributed by atoms with E-state index in [1.54, 1.807) is 6.20 Å². The van der Waals surface area contributed by atoms with E-state index in [2.05, 4.69) is 11.9 Å².